The minimum atomic E-state index is -0.535. The highest BCUT2D eigenvalue weighted by Gasteiger charge is 2.23. The lowest BCUT2D eigenvalue weighted by Crippen LogP contribution is -2.37. The fraction of sp³-hybridized carbons (Fsp3) is 0.385. The molecule has 4 N–H and O–H groups in total. The number of anilines is 1. The van der Waals surface area contributed by atoms with E-state index in [4.69, 9.17) is 5.73 Å². The van der Waals surface area contributed by atoms with Crippen LogP contribution in [0, 0.1) is 12.7 Å². The van der Waals surface area contributed by atoms with Gasteiger partial charge in [0.15, 0.2) is 0 Å². The highest BCUT2D eigenvalue weighted by molar-refractivity contribution is 5.97. The Hall–Kier alpha value is -2.11. The van der Waals surface area contributed by atoms with Crippen molar-refractivity contribution >= 4 is 17.5 Å². The van der Waals surface area contributed by atoms with Crippen molar-refractivity contribution in [3.05, 3.63) is 29.1 Å². The van der Waals surface area contributed by atoms with Crippen LogP contribution in [0.15, 0.2) is 12.1 Å². The lowest BCUT2D eigenvalue weighted by Gasteiger charge is -2.08. The number of amides is 2. The Balaban J connectivity index is 1.93. The molecule has 0 saturated heterocycles. The topological polar surface area (TPSA) is 84.2 Å². The number of benzene rings is 1. The van der Waals surface area contributed by atoms with Gasteiger partial charge in [-0.15, -0.1) is 0 Å². The first kappa shape index (κ1) is 13.3. The van der Waals surface area contributed by atoms with Crippen LogP contribution in [-0.4, -0.2) is 24.4 Å². The Kier molecular flexibility index (Phi) is 3.69. The number of nitrogen functional groups attached to an aromatic ring is 1. The van der Waals surface area contributed by atoms with Crippen molar-refractivity contribution in [2.75, 3.05) is 12.3 Å². The van der Waals surface area contributed by atoms with Crippen molar-refractivity contribution < 1.29 is 14.0 Å². The van der Waals surface area contributed by atoms with Crippen LogP contribution in [0.4, 0.5) is 10.1 Å². The second-order valence-electron chi connectivity index (χ2n) is 4.70. The van der Waals surface area contributed by atoms with E-state index in [-0.39, 0.29) is 29.7 Å². The fourth-order valence-corrected chi connectivity index (χ4v) is 1.60. The molecule has 0 spiro atoms. The van der Waals surface area contributed by atoms with E-state index in [9.17, 15) is 14.0 Å². The van der Waals surface area contributed by atoms with E-state index in [0.29, 0.717) is 5.56 Å². The van der Waals surface area contributed by atoms with Crippen LogP contribution in [0.25, 0.3) is 0 Å². The standard InChI is InChI=1S/C13H16FN3O2/c1-7-10(14)4-8(5-11(7)15)13(19)16-6-12(18)17-9-2-3-9/h4-5,9H,2-3,6,15H2,1H3,(H,16,19)(H,17,18). The van der Waals surface area contributed by atoms with Gasteiger partial charge in [-0.25, -0.2) is 4.39 Å². The quantitative estimate of drug-likeness (QED) is 0.701. The zero-order valence-corrected chi connectivity index (χ0v) is 10.6. The van der Waals surface area contributed by atoms with Gasteiger partial charge in [-0.1, -0.05) is 0 Å². The molecule has 1 aromatic rings. The third kappa shape index (κ3) is 3.43. The van der Waals surface area contributed by atoms with Crippen molar-refractivity contribution in [3.63, 3.8) is 0 Å². The molecule has 1 saturated carbocycles. The van der Waals surface area contributed by atoms with Crippen LogP contribution in [0.5, 0.6) is 0 Å². The van der Waals surface area contributed by atoms with E-state index >= 15 is 0 Å². The smallest absolute Gasteiger partial charge is 0.251 e. The second kappa shape index (κ2) is 5.26. The fourth-order valence-electron chi connectivity index (χ4n) is 1.60. The van der Waals surface area contributed by atoms with Crippen molar-refractivity contribution in [1.29, 1.82) is 0 Å². The third-order valence-corrected chi connectivity index (χ3v) is 3.00. The van der Waals surface area contributed by atoms with Crippen molar-refractivity contribution in [3.8, 4) is 0 Å². The SMILES string of the molecule is Cc1c(N)cc(C(=O)NCC(=O)NC2CC2)cc1F. The van der Waals surface area contributed by atoms with Gasteiger partial charge in [0.25, 0.3) is 5.91 Å². The van der Waals surface area contributed by atoms with Crippen molar-refractivity contribution in [2.24, 2.45) is 0 Å². The van der Waals surface area contributed by atoms with Crippen LogP contribution in [0.3, 0.4) is 0 Å². The molecule has 1 aromatic carbocycles. The maximum absolute atomic E-state index is 13.4. The Morgan fingerprint density at radius 3 is 2.68 bits per heavy atom. The largest absolute Gasteiger partial charge is 0.398 e. The van der Waals surface area contributed by atoms with E-state index < -0.39 is 11.7 Å². The number of hydrogen-bond donors (Lipinski definition) is 3. The molecule has 0 heterocycles. The Labute approximate surface area is 110 Å². The molecular formula is C13H16FN3O2. The number of rotatable bonds is 4. The van der Waals surface area contributed by atoms with Gasteiger partial charge in [0, 0.05) is 22.9 Å². The summed E-state index contributed by atoms with van der Waals surface area (Å²) in [5.41, 5.74) is 6.22. The highest BCUT2D eigenvalue weighted by Crippen LogP contribution is 2.18. The van der Waals surface area contributed by atoms with Gasteiger partial charge in [0.1, 0.15) is 5.82 Å². The van der Waals surface area contributed by atoms with Crippen LogP contribution < -0.4 is 16.4 Å². The van der Waals surface area contributed by atoms with Crippen LogP contribution >= 0.6 is 0 Å². The van der Waals surface area contributed by atoms with Gasteiger partial charge >= 0.3 is 0 Å². The molecule has 2 amide bonds. The summed E-state index contributed by atoms with van der Waals surface area (Å²) >= 11 is 0. The molecule has 0 atom stereocenters. The molecule has 5 nitrogen and oxygen atoms in total. The predicted octanol–water partition coefficient (Wildman–Crippen LogP) is 0.725. The summed E-state index contributed by atoms with van der Waals surface area (Å²) in [7, 11) is 0. The van der Waals surface area contributed by atoms with Crippen molar-refractivity contribution in [1.82, 2.24) is 10.6 Å². The minimum absolute atomic E-state index is 0.111. The summed E-state index contributed by atoms with van der Waals surface area (Å²) < 4.78 is 13.4. The molecule has 1 fully saturated rings. The van der Waals surface area contributed by atoms with Gasteiger partial charge in [-0.3, -0.25) is 9.59 Å². The lowest BCUT2D eigenvalue weighted by atomic mass is 10.1. The maximum Gasteiger partial charge on any atom is 0.251 e. The zero-order chi connectivity index (χ0) is 14.0. The van der Waals surface area contributed by atoms with E-state index in [1.807, 2.05) is 0 Å². The molecule has 2 rings (SSSR count). The Morgan fingerprint density at radius 1 is 1.42 bits per heavy atom. The lowest BCUT2D eigenvalue weighted by molar-refractivity contribution is -0.120. The Bertz CT molecular complexity index is 504. The first-order chi connectivity index (χ1) is 8.97. The average Bonchev–Trinajstić information content (AvgIpc) is 3.16. The molecule has 1 aliphatic rings. The Morgan fingerprint density at radius 2 is 2.11 bits per heavy atom. The molecule has 19 heavy (non-hydrogen) atoms. The summed E-state index contributed by atoms with van der Waals surface area (Å²) in [6.07, 6.45) is 1.97. The molecule has 0 radical (unpaired) electrons. The first-order valence-electron chi connectivity index (χ1n) is 6.10. The molecule has 6 heteroatoms. The van der Waals surface area contributed by atoms with Crippen LogP contribution in [-0.2, 0) is 4.79 Å². The van der Waals surface area contributed by atoms with E-state index in [0.717, 1.165) is 18.9 Å². The van der Waals surface area contributed by atoms with Crippen LogP contribution in [0.1, 0.15) is 28.8 Å². The van der Waals surface area contributed by atoms with Gasteiger partial charge in [-0.2, -0.15) is 0 Å². The van der Waals surface area contributed by atoms with E-state index in [2.05, 4.69) is 10.6 Å². The molecular weight excluding hydrogens is 249 g/mol. The van der Waals surface area contributed by atoms with Gasteiger partial charge in [0.05, 0.1) is 6.54 Å². The molecule has 0 unspecified atom stereocenters. The minimum Gasteiger partial charge on any atom is -0.398 e. The summed E-state index contributed by atoms with van der Waals surface area (Å²) in [6, 6.07) is 2.75. The predicted molar refractivity (Wildman–Crippen MR) is 69.0 cm³/mol. The molecule has 102 valence electrons. The summed E-state index contributed by atoms with van der Waals surface area (Å²) in [4.78, 5) is 23.1. The maximum atomic E-state index is 13.4. The van der Waals surface area contributed by atoms with Gasteiger partial charge < -0.3 is 16.4 Å². The molecule has 1 aliphatic carbocycles. The van der Waals surface area contributed by atoms with E-state index in [1.165, 1.54) is 13.0 Å². The third-order valence-electron chi connectivity index (χ3n) is 3.00. The number of carbonyl (C=O) groups is 2. The number of halogens is 1. The summed E-state index contributed by atoms with van der Waals surface area (Å²) in [5, 5.41) is 5.17. The van der Waals surface area contributed by atoms with E-state index in [1.54, 1.807) is 0 Å². The second-order valence-corrected chi connectivity index (χ2v) is 4.70. The van der Waals surface area contributed by atoms with Gasteiger partial charge in [0.2, 0.25) is 5.91 Å². The van der Waals surface area contributed by atoms with Crippen LogP contribution in [0.2, 0.25) is 0 Å². The number of nitrogens with two attached hydrogens (primary N) is 1. The monoisotopic (exact) mass is 265 g/mol. The van der Waals surface area contributed by atoms with Crippen molar-refractivity contribution in [2.45, 2.75) is 25.8 Å². The number of hydrogen-bond acceptors (Lipinski definition) is 3. The summed E-state index contributed by atoms with van der Waals surface area (Å²) in [5.74, 6) is -1.29. The number of nitrogens with one attached hydrogen (secondary N) is 2. The molecule has 0 aliphatic heterocycles. The zero-order valence-electron chi connectivity index (χ0n) is 10.6. The molecule has 0 bridgehead atoms. The summed E-state index contributed by atoms with van der Waals surface area (Å²) in [6.45, 7) is 1.42. The molecule has 0 aromatic heterocycles. The number of carbonyl (C=O) groups excluding carboxylic acids is 2. The average molecular weight is 265 g/mol. The normalized spacial score (nSPS) is 14.0. The van der Waals surface area contributed by atoms with Gasteiger partial charge in [-0.05, 0) is 31.9 Å². The highest BCUT2D eigenvalue weighted by atomic mass is 19.1. The first-order valence-corrected chi connectivity index (χ1v) is 6.10.